The fraction of sp³-hybridized carbons (Fsp3) is 0.333. The molecule has 2 aromatic carbocycles. The lowest BCUT2D eigenvalue weighted by atomic mass is 10.1. The van der Waals surface area contributed by atoms with E-state index in [-0.39, 0.29) is 0 Å². The molecule has 1 atom stereocenters. The molecule has 3 heteroatoms. The monoisotopic (exact) mass is 284 g/mol. The molecule has 2 rings (SSSR count). The lowest BCUT2D eigenvalue weighted by Crippen LogP contribution is -2.24. The average Bonchev–Trinajstić information content (AvgIpc) is 2.47. The molecule has 0 aliphatic carbocycles. The van der Waals surface area contributed by atoms with Gasteiger partial charge in [0, 0.05) is 19.6 Å². The number of nitrogens with two attached hydrogens (primary N) is 1. The molecular formula is C18H24N2O. The van der Waals surface area contributed by atoms with Gasteiger partial charge in [0.2, 0.25) is 0 Å². The zero-order valence-corrected chi connectivity index (χ0v) is 12.8. The number of nitrogens with zero attached hydrogens (tertiary/aromatic N) is 1. The van der Waals surface area contributed by atoms with Crippen molar-refractivity contribution in [3.05, 3.63) is 70.8 Å². The number of aliphatic hydroxyl groups is 1. The van der Waals surface area contributed by atoms with Crippen LogP contribution in [0.3, 0.4) is 0 Å². The van der Waals surface area contributed by atoms with Crippen LogP contribution < -0.4 is 5.73 Å². The van der Waals surface area contributed by atoms with Crippen LogP contribution in [0, 0.1) is 6.92 Å². The first-order valence-corrected chi connectivity index (χ1v) is 7.29. The Balaban J connectivity index is 1.93. The van der Waals surface area contributed by atoms with E-state index in [2.05, 4.69) is 36.1 Å². The first-order valence-electron chi connectivity index (χ1n) is 7.29. The van der Waals surface area contributed by atoms with Gasteiger partial charge in [0.15, 0.2) is 0 Å². The molecule has 0 aliphatic heterocycles. The van der Waals surface area contributed by atoms with Crippen molar-refractivity contribution in [2.45, 2.75) is 26.1 Å². The minimum atomic E-state index is -0.480. The van der Waals surface area contributed by atoms with Crippen molar-refractivity contribution in [3.8, 4) is 0 Å². The molecule has 1 unspecified atom stereocenters. The van der Waals surface area contributed by atoms with Crippen molar-refractivity contribution in [2.75, 3.05) is 13.6 Å². The molecule has 3 nitrogen and oxygen atoms in total. The van der Waals surface area contributed by atoms with E-state index in [1.807, 2.05) is 31.3 Å². The van der Waals surface area contributed by atoms with Crippen LogP contribution in [0.4, 0.5) is 0 Å². The van der Waals surface area contributed by atoms with Gasteiger partial charge >= 0.3 is 0 Å². The van der Waals surface area contributed by atoms with E-state index >= 15 is 0 Å². The summed E-state index contributed by atoms with van der Waals surface area (Å²) in [6.07, 6.45) is -0.480. The minimum Gasteiger partial charge on any atom is -0.387 e. The third kappa shape index (κ3) is 4.67. The van der Waals surface area contributed by atoms with Crippen LogP contribution in [0.15, 0.2) is 48.5 Å². The Kier molecular flexibility index (Phi) is 5.51. The summed E-state index contributed by atoms with van der Waals surface area (Å²) in [5, 5.41) is 10.3. The van der Waals surface area contributed by atoms with E-state index in [0.29, 0.717) is 13.1 Å². The predicted molar refractivity (Wildman–Crippen MR) is 86.8 cm³/mol. The lowest BCUT2D eigenvalue weighted by molar-refractivity contribution is 0.124. The summed E-state index contributed by atoms with van der Waals surface area (Å²) >= 11 is 0. The van der Waals surface area contributed by atoms with Crippen LogP contribution in [0.1, 0.15) is 28.4 Å². The van der Waals surface area contributed by atoms with Gasteiger partial charge < -0.3 is 10.8 Å². The third-order valence-corrected chi connectivity index (χ3v) is 3.62. The molecule has 2 aromatic rings. The van der Waals surface area contributed by atoms with Crippen LogP contribution in [-0.4, -0.2) is 23.6 Å². The number of aliphatic hydroxyl groups excluding tert-OH is 1. The minimum absolute atomic E-state index is 0.480. The maximum absolute atomic E-state index is 10.3. The van der Waals surface area contributed by atoms with Gasteiger partial charge in [-0.25, -0.2) is 0 Å². The highest BCUT2D eigenvalue weighted by atomic mass is 16.3. The Morgan fingerprint density at radius 2 is 1.81 bits per heavy atom. The summed E-state index contributed by atoms with van der Waals surface area (Å²) in [4.78, 5) is 2.14. The van der Waals surface area contributed by atoms with E-state index in [1.54, 1.807) is 0 Å². The second-order valence-corrected chi connectivity index (χ2v) is 5.65. The van der Waals surface area contributed by atoms with Crippen molar-refractivity contribution < 1.29 is 5.11 Å². The van der Waals surface area contributed by atoms with E-state index in [1.165, 1.54) is 11.1 Å². The zero-order valence-electron chi connectivity index (χ0n) is 12.8. The van der Waals surface area contributed by atoms with Crippen molar-refractivity contribution in [1.29, 1.82) is 0 Å². The van der Waals surface area contributed by atoms with E-state index in [4.69, 9.17) is 5.73 Å². The van der Waals surface area contributed by atoms with Gasteiger partial charge in [-0.2, -0.15) is 0 Å². The number of likely N-dealkylation sites (N-methyl/N-ethyl adjacent to an activating group) is 1. The molecule has 3 N–H and O–H groups in total. The lowest BCUT2D eigenvalue weighted by Gasteiger charge is -2.21. The van der Waals surface area contributed by atoms with Crippen molar-refractivity contribution >= 4 is 0 Å². The molecule has 0 saturated carbocycles. The Hall–Kier alpha value is -1.68. The maximum atomic E-state index is 10.3. The molecule has 0 bridgehead atoms. The molecule has 0 aliphatic rings. The first-order chi connectivity index (χ1) is 10.1. The molecular weight excluding hydrogens is 260 g/mol. The van der Waals surface area contributed by atoms with Gasteiger partial charge in [-0.3, -0.25) is 4.90 Å². The highest BCUT2D eigenvalue weighted by Gasteiger charge is 2.11. The zero-order chi connectivity index (χ0) is 15.2. The number of benzene rings is 2. The number of aryl methyl sites for hydroxylation is 1. The van der Waals surface area contributed by atoms with Crippen LogP contribution >= 0.6 is 0 Å². The van der Waals surface area contributed by atoms with Crippen LogP contribution in [0.2, 0.25) is 0 Å². The second kappa shape index (κ2) is 7.36. The van der Waals surface area contributed by atoms with Crippen LogP contribution in [-0.2, 0) is 13.1 Å². The highest BCUT2D eigenvalue weighted by Crippen LogP contribution is 2.16. The summed E-state index contributed by atoms with van der Waals surface area (Å²) in [6, 6.07) is 16.3. The molecule has 0 radical (unpaired) electrons. The smallest absolute Gasteiger partial charge is 0.0916 e. The summed E-state index contributed by atoms with van der Waals surface area (Å²) < 4.78 is 0. The number of hydrogen-bond acceptors (Lipinski definition) is 3. The van der Waals surface area contributed by atoms with Gasteiger partial charge in [-0.1, -0.05) is 54.1 Å². The topological polar surface area (TPSA) is 49.5 Å². The molecule has 0 amide bonds. The number of rotatable bonds is 6. The molecule has 0 spiro atoms. The Labute approximate surface area is 127 Å². The summed E-state index contributed by atoms with van der Waals surface area (Å²) in [5.74, 6) is 0. The molecule has 21 heavy (non-hydrogen) atoms. The van der Waals surface area contributed by atoms with Gasteiger partial charge in [0.05, 0.1) is 6.10 Å². The molecule has 0 aromatic heterocycles. The van der Waals surface area contributed by atoms with E-state index in [9.17, 15) is 5.11 Å². The molecule has 0 heterocycles. The molecule has 0 saturated heterocycles. The Bertz CT molecular complexity index is 566. The second-order valence-electron chi connectivity index (χ2n) is 5.65. The van der Waals surface area contributed by atoms with Crippen molar-refractivity contribution in [1.82, 2.24) is 4.90 Å². The fourth-order valence-corrected chi connectivity index (χ4v) is 2.46. The maximum Gasteiger partial charge on any atom is 0.0916 e. The Morgan fingerprint density at radius 3 is 2.43 bits per heavy atom. The predicted octanol–water partition coefficient (Wildman–Crippen LogP) is 2.62. The normalized spacial score (nSPS) is 12.6. The highest BCUT2D eigenvalue weighted by molar-refractivity contribution is 5.25. The standard InChI is InChI=1S/C18H24N2O/c1-14-4-3-5-16(10-14)12-20(2)13-18(21)17-8-6-15(11-19)7-9-17/h3-10,18,21H,11-13,19H2,1-2H3. The molecule has 112 valence electrons. The van der Waals surface area contributed by atoms with Gasteiger partial charge in [-0.05, 0) is 30.7 Å². The third-order valence-electron chi connectivity index (χ3n) is 3.62. The molecule has 0 fully saturated rings. The average molecular weight is 284 g/mol. The quantitative estimate of drug-likeness (QED) is 0.857. The van der Waals surface area contributed by atoms with E-state index in [0.717, 1.165) is 17.7 Å². The summed E-state index contributed by atoms with van der Waals surface area (Å²) in [5.41, 5.74) is 10.1. The largest absolute Gasteiger partial charge is 0.387 e. The fourth-order valence-electron chi connectivity index (χ4n) is 2.46. The van der Waals surface area contributed by atoms with Crippen LogP contribution in [0.25, 0.3) is 0 Å². The van der Waals surface area contributed by atoms with Crippen molar-refractivity contribution in [2.24, 2.45) is 5.73 Å². The van der Waals surface area contributed by atoms with Gasteiger partial charge in [0.1, 0.15) is 0 Å². The summed E-state index contributed by atoms with van der Waals surface area (Å²) in [6.45, 7) is 4.07. The summed E-state index contributed by atoms with van der Waals surface area (Å²) in [7, 11) is 2.03. The van der Waals surface area contributed by atoms with E-state index < -0.39 is 6.10 Å². The van der Waals surface area contributed by atoms with Gasteiger partial charge in [-0.15, -0.1) is 0 Å². The Morgan fingerprint density at radius 1 is 1.10 bits per heavy atom. The van der Waals surface area contributed by atoms with Crippen molar-refractivity contribution in [3.63, 3.8) is 0 Å². The van der Waals surface area contributed by atoms with Gasteiger partial charge in [0.25, 0.3) is 0 Å². The van der Waals surface area contributed by atoms with Crippen LogP contribution in [0.5, 0.6) is 0 Å². The SMILES string of the molecule is Cc1cccc(CN(C)CC(O)c2ccc(CN)cc2)c1. The number of hydrogen-bond donors (Lipinski definition) is 2. The first kappa shape index (κ1) is 15.7.